The predicted octanol–water partition coefficient (Wildman–Crippen LogP) is 3.47. The number of anilines is 1. The minimum atomic E-state index is -0.0529. The molecule has 21 heavy (non-hydrogen) atoms. The fourth-order valence-electron chi connectivity index (χ4n) is 2.37. The second-order valence-corrected chi connectivity index (χ2v) is 5.25. The number of hydrogen-bond donors (Lipinski definition) is 1. The maximum Gasteiger partial charge on any atom is 0.189 e. The average molecular weight is 299 g/mol. The molecular weight excluding hydrogens is 284 g/mol. The van der Waals surface area contributed by atoms with Crippen molar-refractivity contribution in [2.24, 2.45) is 0 Å². The zero-order valence-corrected chi connectivity index (χ0v) is 12.2. The van der Waals surface area contributed by atoms with Gasteiger partial charge in [0.25, 0.3) is 0 Å². The van der Waals surface area contributed by atoms with Gasteiger partial charge in [-0.15, -0.1) is 0 Å². The molecule has 0 spiro atoms. The van der Waals surface area contributed by atoms with Gasteiger partial charge in [0.1, 0.15) is 5.82 Å². The number of nitrogens with zero attached hydrogens (tertiary/aromatic N) is 1. The van der Waals surface area contributed by atoms with Crippen molar-refractivity contribution in [1.82, 2.24) is 5.32 Å². The monoisotopic (exact) mass is 298 g/mol. The molecule has 1 saturated heterocycles. The van der Waals surface area contributed by atoms with E-state index in [4.69, 9.17) is 11.6 Å². The van der Waals surface area contributed by atoms with E-state index in [0.29, 0.717) is 10.6 Å². The Bertz CT molecular complexity index is 682. The molecule has 2 aromatic rings. The number of allylic oxidation sites excluding steroid dienone is 1. The minimum Gasteiger partial charge on any atom is -0.370 e. The van der Waals surface area contributed by atoms with Crippen LogP contribution in [-0.2, 0) is 0 Å². The summed E-state index contributed by atoms with van der Waals surface area (Å²) in [6.07, 6.45) is 1.63. The number of benzene rings is 2. The molecule has 1 N–H and O–H groups in total. The van der Waals surface area contributed by atoms with Crippen molar-refractivity contribution in [3.8, 4) is 0 Å². The van der Waals surface area contributed by atoms with Crippen LogP contribution in [0.1, 0.15) is 10.4 Å². The lowest BCUT2D eigenvalue weighted by Gasteiger charge is -2.18. The van der Waals surface area contributed by atoms with Crippen LogP contribution in [0.25, 0.3) is 0 Å². The summed E-state index contributed by atoms with van der Waals surface area (Å²) >= 11 is 5.93. The first kappa shape index (κ1) is 13.7. The number of ketones is 1. The Labute approximate surface area is 128 Å². The zero-order chi connectivity index (χ0) is 14.7. The largest absolute Gasteiger partial charge is 0.370 e. The highest BCUT2D eigenvalue weighted by molar-refractivity contribution is 6.31. The molecule has 1 fully saturated rings. The van der Waals surface area contributed by atoms with E-state index < -0.39 is 0 Å². The van der Waals surface area contributed by atoms with E-state index in [1.54, 1.807) is 30.3 Å². The summed E-state index contributed by atoms with van der Waals surface area (Å²) in [6.45, 7) is 1.67. The van der Waals surface area contributed by atoms with E-state index >= 15 is 0 Å². The number of carbonyl (C=O) groups excluding carboxylic acids is 1. The van der Waals surface area contributed by atoms with Crippen LogP contribution < -0.4 is 10.2 Å². The van der Waals surface area contributed by atoms with Crippen molar-refractivity contribution in [2.75, 3.05) is 18.0 Å². The topological polar surface area (TPSA) is 32.3 Å². The lowest BCUT2D eigenvalue weighted by molar-refractivity contribution is 0.104. The van der Waals surface area contributed by atoms with Gasteiger partial charge in [-0.05, 0) is 24.3 Å². The van der Waals surface area contributed by atoms with Crippen LogP contribution in [0.3, 0.4) is 0 Å². The van der Waals surface area contributed by atoms with Gasteiger partial charge in [0.2, 0.25) is 0 Å². The molecule has 0 unspecified atom stereocenters. The second kappa shape index (κ2) is 6.02. The van der Waals surface area contributed by atoms with E-state index in [1.807, 2.05) is 30.3 Å². The van der Waals surface area contributed by atoms with Gasteiger partial charge in [0, 0.05) is 35.4 Å². The van der Waals surface area contributed by atoms with Crippen LogP contribution in [0.4, 0.5) is 5.69 Å². The number of carbonyl (C=O) groups is 1. The summed E-state index contributed by atoms with van der Waals surface area (Å²) in [7, 11) is 0. The molecule has 1 aliphatic heterocycles. The molecule has 0 amide bonds. The smallest absolute Gasteiger partial charge is 0.189 e. The van der Waals surface area contributed by atoms with Gasteiger partial charge < -0.3 is 10.2 Å². The van der Waals surface area contributed by atoms with E-state index in [2.05, 4.69) is 10.2 Å². The molecule has 1 heterocycles. The predicted molar refractivity (Wildman–Crippen MR) is 85.7 cm³/mol. The normalized spacial score (nSPS) is 16.0. The van der Waals surface area contributed by atoms with Crippen LogP contribution in [-0.4, -0.2) is 18.9 Å². The van der Waals surface area contributed by atoms with Gasteiger partial charge in [-0.2, -0.15) is 0 Å². The first-order chi connectivity index (χ1) is 10.2. The van der Waals surface area contributed by atoms with Crippen LogP contribution in [0.2, 0.25) is 5.02 Å². The summed E-state index contributed by atoms with van der Waals surface area (Å²) in [5.74, 6) is 0.772. The number of halogens is 1. The lowest BCUT2D eigenvalue weighted by Crippen LogP contribution is -2.20. The Balaban J connectivity index is 1.86. The van der Waals surface area contributed by atoms with Gasteiger partial charge in [-0.1, -0.05) is 41.9 Å². The van der Waals surface area contributed by atoms with Crippen LogP contribution in [0, 0.1) is 0 Å². The molecule has 0 radical (unpaired) electrons. The van der Waals surface area contributed by atoms with E-state index in [0.717, 1.165) is 24.6 Å². The van der Waals surface area contributed by atoms with Crippen molar-refractivity contribution in [3.05, 3.63) is 77.1 Å². The van der Waals surface area contributed by atoms with Crippen LogP contribution in [0.15, 0.2) is 66.5 Å². The summed E-state index contributed by atoms with van der Waals surface area (Å²) in [4.78, 5) is 14.4. The summed E-state index contributed by atoms with van der Waals surface area (Å²) < 4.78 is 0. The first-order valence-corrected chi connectivity index (χ1v) is 7.20. The molecule has 0 atom stereocenters. The number of rotatable bonds is 3. The third kappa shape index (κ3) is 3.09. The molecule has 2 aromatic carbocycles. The Morgan fingerprint density at radius 3 is 2.71 bits per heavy atom. The van der Waals surface area contributed by atoms with Crippen molar-refractivity contribution in [3.63, 3.8) is 0 Å². The highest BCUT2D eigenvalue weighted by atomic mass is 35.5. The molecule has 106 valence electrons. The van der Waals surface area contributed by atoms with Crippen molar-refractivity contribution >= 4 is 23.1 Å². The van der Waals surface area contributed by atoms with Gasteiger partial charge in [0.05, 0.1) is 0 Å². The average Bonchev–Trinajstić information content (AvgIpc) is 2.96. The maximum atomic E-state index is 12.3. The fraction of sp³-hybridized carbons (Fsp3) is 0.118. The fourth-order valence-corrected chi connectivity index (χ4v) is 2.56. The molecule has 0 saturated carbocycles. The summed E-state index contributed by atoms with van der Waals surface area (Å²) in [5, 5.41) is 3.82. The second-order valence-electron chi connectivity index (χ2n) is 4.82. The Morgan fingerprint density at radius 2 is 1.95 bits per heavy atom. The highest BCUT2D eigenvalue weighted by Gasteiger charge is 2.19. The highest BCUT2D eigenvalue weighted by Crippen LogP contribution is 2.21. The van der Waals surface area contributed by atoms with Crippen molar-refractivity contribution in [1.29, 1.82) is 0 Å². The van der Waals surface area contributed by atoms with E-state index in [1.165, 1.54) is 0 Å². The Morgan fingerprint density at radius 1 is 1.14 bits per heavy atom. The number of nitrogens with one attached hydrogen (secondary N) is 1. The molecule has 4 heteroatoms. The Kier molecular flexibility index (Phi) is 3.93. The summed E-state index contributed by atoms with van der Waals surface area (Å²) in [5.41, 5.74) is 1.67. The number of para-hydroxylation sites is 1. The van der Waals surface area contributed by atoms with Crippen LogP contribution >= 0.6 is 11.6 Å². The third-order valence-electron chi connectivity index (χ3n) is 3.38. The third-order valence-corrected chi connectivity index (χ3v) is 3.61. The van der Waals surface area contributed by atoms with Crippen LogP contribution in [0.5, 0.6) is 0 Å². The van der Waals surface area contributed by atoms with Gasteiger partial charge in [0.15, 0.2) is 5.78 Å². The molecular formula is C17H15ClN2O. The molecule has 3 rings (SSSR count). The summed E-state index contributed by atoms with van der Waals surface area (Å²) in [6, 6.07) is 17.0. The molecule has 3 nitrogen and oxygen atoms in total. The van der Waals surface area contributed by atoms with Gasteiger partial charge in [-0.25, -0.2) is 0 Å². The van der Waals surface area contributed by atoms with Gasteiger partial charge >= 0.3 is 0 Å². The molecule has 1 aliphatic rings. The van der Waals surface area contributed by atoms with Gasteiger partial charge in [-0.3, -0.25) is 4.79 Å². The standard InChI is InChI=1S/C17H15ClN2O/c18-14-6-4-5-13(11-14)16(21)12-17-19-9-10-20(17)15-7-2-1-3-8-15/h1-8,11-12,19H,9-10H2/b17-12+. The zero-order valence-electron chi connectivity index (χ0n) is 11.4. The Hall–Kier alpha value is -2.26. The minimum absolute atomic E-state index is 0.0529. The van der Waals surface area contributed by atoms with Crippen molar-refractivity contribution < 1.29 is 4.79 Å². The lowest BCUT2D eigenvalue weighted by atomic mass is 10.1. The maximum absolute atomic E-state index is 12.3. The molecule has 0 aliphatic carbocycles. The van der Waals surface area contributed by atoms with Crippen molar-refractivity contribution in [2.45, 2.75) is 0 Å². The SMILES string of the molecule is O=C(/C=C1\NCCN1c1ccccc1)c1cccc(Cl)c1. The van der Waals surface area contributed by atoms with E-state index in [-0.39, 0.29) is 5.78 Å². The molecule has 0 bridgehead atoms. The van der Waals surface area contributed by atoms with E-state index in [9.17, 15) is 4.79 Å². The quantitative estimate of drug-likeness (QED) is 0.695. The molecule has 0 aromatic heterocycles. The first-order valence-electron chi connectivity index (χ1n) is 6.82. The number of hydrogen-bond acceptors (Lipinski definition) is 3.